The van der Waals surface area contributed by atoms with Crippen molar-refractivity contribution in [3.05, 3.63) is 150 Å². The molecule has 0 N–H and O–H groups in total. The zero-order valence-electron chi connectivity index (χ0n) is 25.0. The highest BCUT2D eigenvalue weighted by molar-refractivity contribution is 6.15. The van der Waals surface area contributed by atoms with E-state index in [1.54, 1.807) is 0 Å². The van der Waals surface area contributed by atoms with E-state index < -0.39 is 0 Å². The third kappa shape index (κ3) is 3.09. The van der Waals surface area contributed by atoms with Crippen molar-refractivity contribution in [3.8, 4) is 11.4 Å². The van der Waals surface area contributed by atoms with Gasteiger partial charge in [-0.2, -0.15) is 0 Å². The lowest BCUT2D eigenvalue weighted by atomic mass is 9.74. The fourth-order valence-corrected chi connectivity index (χ4v) is 8.01. The maximum atomic E-state index is 2.58. The number of hydrogen-bond donors (Lipinski definition) is 0. The van der Waals surface area contributed by atoms with Crippen LogP contribution in [0.25, 0.3) is 33.2 Å². The molecule has 0 radical (unpaired) electrons. The van der Waals surface area contributed by atoms with Crippen LogP contribution in [-0.4, -0.2) is 9.13 Å². The van der Waals surface area contributed by atoms with E-state index >= 15 is 0 Å². The van der Waals surface area contributed by atoms with Gasteiger partial charge in [0.25, 0.3) is 0 Å². The second-order valence-corrected chi connectivity index (χ2v) is 13.1. The van der Waals surface area contributed by atoms with Gasteiger partial charge >= 0.3 is 0 Å². The molecule has 0 spiro atoms. The Morgan fingerprint density at radius 2 is 1.05 bits per heavy atom. The fourth-order valence-electron chi connectivity index (χ4n) is 8.01. The molecule has 43 heavy (non-hydrogen) atoms. The van der Waals surface area contributed by atoms with E-state index in [-0.39, 0.29) is 10.8 Å². The summed E-state index contributed by atoms with van der Waals surface area (Å²) < 4.78 is 5.04. The zero-order chi connectivity index (χ0) is 29.1. The topological polar surface area (TPSA) is 13.1 Å². The van der Waals surface area contributed by atoms with Crippen LogP contribution in [0.4, 0.5) is 17.1 Å². The molecule has 3 nitrogen and oxygen atoms in total. The van der Waals surface area contributed by atoms with Crippen molar-refractivity contribution in [1.82, 2.24) is 9.13 Å². The summed E-state index contributed by atoms with van der Waals surface area (Å²) in [4.78, 5) is 2.40. The molecular weight excluding hydrogens is 522 g/mol. The Hall–Kier alpha value is -5.02. The predicted octanol–water partition coefficient (Wildman–Crippen LogP) is 10.3. The summed E-state index contributed by atoms with van der Waals surface area (Å²) in [6.07, 6.45) is 2.40. The van der Waals surface area contributed by atoms with Crippen molar-refractivity contribution < 1.29 is 0 Å². The standard InChI is InChI=1S/C40H33N3/c1-39(2)32-20-12-14-22-35(32)43-36-29(30-25-41-34-21-13-11-19-31(34)40(3,4)38(41)37(30)43)23-28(24-33(36)39)42(26-15-7-5-8-16-26)27-17-9-6-10-18-27/h5-25H,1-4H3. The monoisotopic (exact) mass is 555 g/mol. The molecule has 0 aliphatic carbocycles. The summed E-state index contributed by atoms with van der Waals surface area (Å²) >= 11 is 0. The molecule has 0 saturated carbocycles. The lowest BCUT2D eigenvalue weighted by Gasteiger charge is -2.36. The van der Waals surface area contributed by atoms with E-state index in [2.05, 4.69) is 169 Å². The molecule has 0 amide bonds. The summed E-state index contributed by atoms with van der Waals surface area (Å²) in [5.74, 6) is 0. The molecule has 0 unspecified atom stereocenters. The molecule has 2 aromatic heterocycles. The first-order valence-corrected chi connectivity index (χ1v) is 15.2. The minimum atomic E-state index is -0.176. The summed E-state index contributed by atoms with van der Waals surface area (Å²) in [5, 5.41) is 2.61. The molecule has 9 rings (SSSR count). The van der Waals surface area contributed by atoms with Gasteiger partial charge < -0.3 is 14.0 Å². The minimum absolute atomic E-state index is 0.128. The molecule has 0 atom stereocenters. The molecular formula is C40H33N3. The highest BCUT2D eigenvalue weighted by atomic mass is 15.1. The first kappa shape index (κ1) is 24.6. The third-order valence-corrected chi connectivity index (χ3v) is 10.0. The van der Waals surface area contributed by atoms with E-state index in [9.17, 15) is 0 Å². The van der Waals surface area contributed by atoms with Crippen molar-refractivity contribution in [3.63, 3.8) is 0 Å². The van der Waals surface area contributed by atoms with Crippen LogP contribution in [0.1, 0.15) is 50.1 Å². The number of rotatable bonds is 3. The van der Waals surface area contributed by atoms with Crippen LogP contribution in [0.3, 0.4) is 0 Å². The van der Waals surface area contributed by atoms with Crippen molar-refractivity contribution in [2.45, 2.75) is 38.5 Å². The molecule has 2 aliphatic rings. The van der Waals surface area contributed by atoms with Gasteiger partial charge in [0.05, 0.1) is 22.4 Å². The van der Waals surface area contributed by atoms with Crippen molar-refractivity contribution in [1.29, 1.82) is 0 Å². The normalized spacial score (nSPS) is 15.3. The quantitative estimate of drug-likeness (QED) is 0.211. The minimum Gasteiger partial charge on any atom is -0.317 e. The number of nitrogens with zero attached hydrogens (tertiary/aromatic N) is 3. The largest absolute Gasteiger partial charge is 0.317 e. The first-order chi connectivity index (χ1) is 20.9. The fraction of sp³-hybridized carbons (Fsp3) is 0.150. The van der Waals surface area contributed by atoms with Crippen molar-refractivity contribution in [2.24, 2.45) is 0 Å². The maximum Gasteiger partial charge on any atom is 0.0763 e. The summed E-state index contributed by atoms with van der Waals surface area (Å²) in [5.41, 5.74) is 13.9. The second kappa shape index (κ2) is 8.29. The van der Waals surface area contributed by atoms with E-state index in [0.29, 0.717) is 0 Å². The molecule has 0 bridgehead atoms. The van der Waals surface area contributed by atoms with E-state index in [1.807, 2.05) is 0 Å². The van der Waals surface area contributed by atoms with Crippen LogP contribution in [0.5, 0.6) is 0 Å². The van der Waals surface area contributed by atoms with E-state index in [0.717, 1.165) is 11.4 Å². The highest BCUT2D eigenvalue weighted by Crippen LogP contribution is 2.54. The smallest absolute Gasteiger partial charge is 0.0763 e. The Kier molecular flexibility index (Phi) is 4.74. The average Bonchev–Trinajstić information content (AvgIpc) is 3.64. The van der Waals surface area contributed by atoms with Crippen LogP contribution in [0.15, 0.2) is 128 Å². The SMILES string of the molecule is CC1(C)c2ccccc2-n2c3c1cc(N(c1ccccc1)c1ccccc1)cc3c1cn3c(c12)C(C)(C)c1ccccc1-3. The Labute approximate surface area is 252 Å². The lowest BCUT2D eigenvalue weighted by Crippen LogP contribution is -2.27. The van der Waals surface area contributed by atoms with Gasteiger partial charge in [-0.3, -0.25) is 0 Å². The van der Waals surface area contributed by atoms with Crippen molar-refractivity contribution >= 4 is 38.9 Å². The van der Waals surface area contributed by atoms with Gasteiger partial charge in [0.1, 0.15) is 0 Å². The highest BCUT2D eigenvalue weighted by Gasteiger charge is 2.42. The molecule has 7 aromatic rings. The Morgan fingerprint density at radius 3 is 1.70 bits per heavy atom. The average molecular weight is 556 g/mol. The van der Waals surface area contributed by atoms with E-state index in [1.165, 1.54) is 61.3 Å². The van der Waals surface area contributed by atoms with Gasteiger partial charge in [0, 0.05) is 50.5 Å². The van der Waals surface area contributed by atoms with Crippen LogP contribution >= 0.6 is 0 Å². The summed E-state index contributed by atoms with van der Waals surface area (Å²) in [6.45, 7) is 9.54. The van der Waals surface area contributed by atoms with E-state index in [4.69, 9.17) is 0 Å². The molecule has 2 aliphatic heterocycles. The molecule has 0 saturated heterocycles. The first-order valence-electron chi connectivity index (χ1n) is 15.2. The van der Waals surface area contributed by atoms with Gasteiger partial charge in [-0.1, -0.05) is 100 Å². The van der Waals surface area contributed by atoms with Crippen LogP contribution < -0.4 is 4.90 Å². The Balaban J connectivity index is 1.45. The summed E-state index contributed by atoms with van der Waals surface area (Å²) in [7, 11) is 0. The van der Waals surface area contributed by atoms with Gasteiger partial charge in [0.15, 0.2) is 0 Å². The molecule has 5 aromatic carbocycles. The number of aromatic nitrogens is 2. The number of para-hydroxylation sites is 4. The Bertz CT molecular complexity index is 2190. The van der Waals surface area contributed by atoms with Gasteiger partial charge in [-0.15, -0.1) is 0 Å². The molecule has 4 heterocycles. The van der Waals surface area contributed by atoms with Gasteiger partial charge in [-0.05, 0) is 65.2 Å². The lowest BCUT2D eigenvalue weighted by molar-refractivity contribution is 0.626. The van der Waals surface area contributed by atoms with Gasteiger partial charge in [0.2, 0.25) is 0 Å². The number of hydrogen-bond acceptors (Lipinski definition) is 1. The Morgan fingerprint density at radius 1 is 0.488 bits per heavy atom. The zero-order valence-corrected chi connectivity index (χ0v) is 25.0. The third-order valence-electron chi connectivity index (χ3n) is 10.0. The number of anilines is 3. The maximum absolute atomic E-state index is 2.58. The van der Waals surface area contributed by atoms with Gasteiger partial charge in [-0.25, -0.2) is 0 Å². The second-order valence-electron chi connectivity index (χ2n) is 13.1. The predicted molar refractivity (Wildman–Crippen MR) is 179 cm³/mol. The molecule has 0 fully saturated rings. The van der Waals surface area contributed by atoms with Crippen LogP contribution in [0, 0.1) is 0 Å². The number of benzene rings is 5. The van der Waals surface area contributed by atoms with Crippen molar-refractivity contribution in [2.75, 3.05) is 4.90 Å². The molecule has 3 heteroatoms. The summed E-state index contributed by atoms with van der Waals surface area (Å²) in [6, 6.07) is 44.3. The van der Waals surface area contributed by atoms with Crippen LogP contribution in [0.2, 0.25) is 0 Å². The van der Waals surface area contributed by atoms with Crippen LogP contribution in [-0.2, 0) is 10.8 Å². The number of fused-ring (bicyclic) bond motifs is 9. The molecule has 208 valence electrons.